The highest BCUT2D eigenvalue weighted by Crippen LogP contribution is 2.29. The van der Waals surface area contributed by atoms with Crippen LogP contribution in [-0.4, -0.2) is 47.6 Å². The van der Waals surface area contributed by atoms with Gasteiger partial charge in [0.15, 0.2) is 0 Å². The van der Waals surface area contributed by atoms with Gasteiger partial charge >= 0.3 is 6.18 Å². The zero-order valence-electron chi connectivity index (χ0n) is 10.7. The van der Waals surface area contributed by atoms with Crippen LogP contribution in [0.4, 0.5) is 19.0 Å². The van der Waals surface area contributed by atoms with Crippen LogP contribution in [0.5, 0.6) is 0 Å². The predicted molar refractivity (Wildman–Crippen MR) is 74.7 cm³/mol. The SMILES string of the molecule is NC(=S)CN1CCN(c2cccc(C(F)(F)F)n2)CC1. The molecule has 2 N–H and O–H groups in total. The van der Waals surface area contributed by atoms with Gasteiger partial charge in [0, 0.05) is 32.7 Å². The average molecular weight is 304 g/mol. The molecule has 8 heteroatoms. The molecule has 1 saturated heterocycles. The third kappa shape index (κ3) is 3.80. The van der Waals surface area contributed by atoms with Gasteiger partial charge < -0.3 is 10.6 Å². The molecule has 2 rings (SSSR count). The zero-order chi connectivity index (χ0) is 14.8. The fourth-order valence-corrected chi connectivity index (χ4v) is 2.30. The Bertz CT molecular complexity index is 484. The Morgan fingerprint density at radius 2 is 1.90 bits per heavy atom. The summed E-state index contributed by atoms with van der Waals surface area (Å²) < 4.78 is 37.9. The summed E-state index contributed by atoms with van der Waals surface area (Å²) in [5.41, 5.74) is 4.62. The fraction of sp³-hybridized carbons (Fsp3) is 0.500. The summed E-state index contributed by atoms with van der Waals surface area (Å²) in [5.74, 6) is 0.356. The topological polar surface area (TPSA) is 45.4 Å². The Morgan fingerprint density at radius 1 is 1.25 bits per heavy atom. The number of hydrogen-bond acceptors (Lipinski definition) is 4. The fourth-order valence-electron chi connectivity index (χ4n) is 2.11. The van der Waals surface area contributed by atoms with Gasteiger partial charge in [-0.05, 0) is 12.1 Å². The highest BCUT2D eigenvalue weighted by Gasteiger charge is 2.33. The molecule has 0 spiro atoms. The Hall–Kier alpha value is -1.41. The van der Waals surface area contributed by atoms with Crippen molar-refractivity contribution in [3.63, 3.8) is 0 Å². The number of thiocarbonyl (C=S) groups is 1. The van der Waals surface area contributed by atoms with Crippen LogP contribution in [0.2, 0.25) is 0 Å². The van der Waals surface area contributed by atoms with Gasteiger partial charge in [-0.2, -0.15) is 13.2 Å². The van der Waals surface area contributed by atoms with Gasteiger partial charge in [0.1, 0.15) is 11.5 Å². The number of hydrogen-bond donors (Lipinski definition) is 1. The second kappa shape index (κ2) is 5.92. The van der Waals surface area contributed by atoms with Crippen LogP contribution in [0, 0.1) is 0 Å². The van der Waals surface area contributed by atoms with Crippen LogP contribution >= 0.6 is 12.2 Å². The van der Waals surface area contributed by atoms with Crippen molar-refractivity contribution in [2.24, 2.45) is 5.73 Å². The summed E-state index contributed by atoms with van der Waals surface area (Å²) in [4.78, 5) is 8.03. The first-order valence-corrected chi connectivity index (χ1v) is 6.57. The van der Waals surface area contributed by atoms with Crippen LogP contribution in [0.1, 0.15) is 5.69 Å². The molecule has 0 radical (unpaired) electrons. The average Bonchev–Trinajstić information content (AvgIpc) is 2.38. The molecule has 1 aromatic rings. The van der Waals surface area contributed by atoms with E-state index < -0.39 is 11.9 Å². The van der Waals surface area contributed by atoms with Gasteiger partial charge in [-0.25, -0.2) is 4.98 Å². The minimum Gasteiger partial charge on any atom is -0.392 e. The molecule has 1 fully saturated rings. The minimum atomic E-state index is -4.41. The molecule has 110 valence electrons. The molecule has 0 aromatic carbocycles. The lowest BCUT2D eigenvalue weighted by Gasteiger charge is -2.35. The maximum atomic E-state index is 12.6. The molecular formula is C12H15F3N4S. The molecular weight excluding hydrogens is 289 g/mol. The Balaban J connectivity index is 2.02. The second-order valence-corrected chi connectivity index (χ2v) is 5.13. The van der Waals surface area contributed by atoms with E-state index in [1.54, 1.807) is 6.07 Å². The number of nitrogens with two attached hydrogens (primary N) is 1. The van der Waals surface area contributed by atoms with Crippen molar-refractivity contribution < 1.29 is 13.2 Å². The van der Waals surface area contributed by atoms with E-state index in [9.17, 15) is 13.2 Å². The van der Waals surface area contributed by atoms with Crippen LogP contribution in [0.25, 0.3) is 0 Å². The summed E-state index contributed by atoms with van der Waals surface area (Å²) >= 11 is 4.84. The van der Waals surface area contributed by atoms with Gasteiger partial charge in [0.25, 0.3) is 0 Å². The third-order valence-electron chi connectivity index (χ3n) is 3.10. The summed E-state index contributed by atoms with van der Waals surface area (Å²) in [5, 5.41) is 0. The van der Waals surface area contributed by atoms with E-state index in [2.05, 4.69) is 9.88 Å². The number of halogens is 3. The molecule has 1 aliphatic heterocycles. The van der Waals surface area contributed by atoms with Crippen molar-refractivity contribution in [3.05, 3.63) is 23.9 Å². The molecule has 2 heterocycles. The number of alkyl halides is 3. The first kappa shape index (κ1) is 15.0. The Labute approximate surface area is 120 Å². The first-order valence-electron chi connectivity index (χ1n) is 6.16. The number of anilines is 1. The number of piperazine rings is 1. The largest absolute Gasteiger partial charge is 0.433 e. The lowest BCUT2D eigenvalue weighted by molar-refractivity contribution is -0.141. The van der Waals surface area contributed by atoms with Gasteiger partial charge in [0.2, 0.25) is 0 Å². The molecule has 0 unspecified atom stereocenters. The lowest BCUT2D eigenvalue weighted by atomic mass is 10.3. The normalized spacial score (nSPS) is 17.2. The van der Waals surface area contributed by atoms with E-state index >= 15 is 0 Å². The molecule has 0 bridgehead atoms. The van der Waals surface area contributed by atoms with E-state index in [0.29, 0.717) is 43.5 Å². The number of aromatic nitrogens is 1. The van der Waals surface area contributed by atoms with Gasteiger partial charge in [-0.1, -0.05) is 18.3 Å². The zero-order valence-corrected chi connectivity index (χ0v) is 11.5. The Kier molecular flexibility index (Phi) is 4.44. The monoisotopic (exact) mass is 304 g/mol. The molecule has 1 aliphatic rings. The second-order valence-electron chi connectivity index (χ2n) is 4.61. The van der Waals surface area contributed by atoms with Crippen molar-refractivity contribution >= 4 is 23.0 Å². The van der Waals surface area contributed by atoms with E-state index in [1.165, 1.54) is 6.07 Å². The van der Waals surface area contributed by atoms with E-state index in [0.717, 1.165) is 6.07 Å². The quantitative estimate of drug-likeness (QED) is 0.858. The molecule has 0 atom stereocenters. The Morgan fingerprint density at radius 3 is 2.45 bits per heavy atom. The highest BCUT2D eigenvalue weighted by atomic mass is 32.1. The van der Waals surface area contributed by atoms with Gasteiger partial charge in [0.05, 0.1) is 4.99 Å². The van der Waals surface area contributed by atoms with Gasteiger partial charge in [-0.15, -0.1) is 0 Å². The standard InChI is InChI=1S/C12H15F3N4S/c13-12(14,15)9-2-1-3-11(17-9)19-6-4-18(5-7-19)8-10(16)20/h1-3H,4-8H2,(H2,16,20). The lowest BCUT2D eigenvalue weighted by Crippen LogP contribution is -2.48. The predicted octanol–water partition coefficient (Wildman–Crippen LogP) is 1.51. The maximum absolute atomic E-state index is 12.6. The van der Waals surface area contributed by atoms with Crippen molar-refractivity contribution in [1.29, 1.82) is 0 Å². The van der Waals surface area contributed by atoms with Gasteiger partial charge in [-0.3, -0.25) is 4.90 Å². The number of pyridine rings is 1. The molecule has 1 aromatic heterocycles. The van der Waals surface area contributed by atoms with Crippen molar-refractivity contribution in [2.75, 3.05) is 37.6 Å². The minimum absolute atomic E-state index is 0.356. The van der Waals surface area contributed by atoms with Crippen LogP contribution in [-0.2, 0) is 6.18 Å². The van der Waals surface area contributed by atoms with Crippen LogP contribution < -0.4 is 10.6 Å². The number of nitrogens with zero attached hydrogens (tertiary/aromatic N) is 3. The third-order valence-corrected chi connectivity index (χ3v) is 3.23. The summed E-state index contributed by atoms with van der Waals surface area (Å²) in [6, 6.07) is 3.96. The van der Waals surface area contributed by atoms with Crippen molar-refractivity contribution in [1.82, 2.24) is 9.88 Å². The van der Waals surface area contributed by atoms with Crippen molar-refractivity contribution in [3.8, 4) is 0 Å². The van der Waals surface area contributed by atoms with E-state index in [-0.39, 0.29) is 0 Å². The molecule has 0 amide bonds. The van der Waals surface area contributed by atoms with E-state index in [4.69, 9.17) is 18.0 Å². The summed E-state index contributed by atoms with van der Waals surface area (Å²) in [6.07, 6.45) is -4.41. The number of rotatable bonds is 3. The van der Waals surface area contributed by atoms with E-state index in [1.807, 2.05) is 4.90 Å². The highest BCUT2D eigenvalue weighted by molar-refractivity contribution is 7.80. The summed E-state index contributed by atoms with van der Waals surface area (Å²) in [7, 11) is 0. The maximum Gasteiger partial charge on any atom is 0.433 e. The molecule has 20 heavy (non-hydrogen) atoms. The molecule has 4 nitrogen and oxygen atoms in total. The smallest absolute Gasteiger partial charge is 0.392 e. The first-order chi connectivity index (χ1) is 9.36. The van der Waals surface area contributed by atoms with Crippen LogP contribution in [0.15, 0.2) is 18.2 Å². The van der Waals surface area contributed by atoms with Crippen LogP contribution in [0.3, 0.4) is 0 Å². The molecule has 0 saturated carbocycles. The van der Waals surface area contributed by atoms with Crippen molar-refractivity contribution in [2.45, 2.75) is 6.18 Å². The summed E-state index contributed by atoms with van der Waals surface area (Å²) in [6.45, 7) is 3.16. The molecule has 0 aliphatic carbocycles.